The summed E-state index contributed by atoms with van der Waals surface area (Å²) in [4.78, 5) is 44.5. The number of aromatic carboxylic acids is 1. The van der Waals surface area contributed by atoms with Gasteiger partial charge in [0.1, 0.15) is 4.88 Å². The van der Waals surface area contributed by atoms with Gasteiger partial charge in [-0.15, -0.1) is 22.7 Å². The second-order valence-electron chi connectivity index (χ2n) is 12.8. The van der Waals surface area contributed by atoms with E-state index in [4.69, 9.17) is 16.6 Å². The molecular formula is C38H36F6N8O3S2. The first-order chi connectivity index (χ1) is 26.6. The number of Topliss-reactive ketones (excluding diaryl/α,β-unsaturated/α-hetero) is 1. The minimum absolute atomic E-state index is 0.0184. The third kappa shape index (κ3) is 12.1. The number of nitrogens with two attached hydrogens (primary N) is 2. The van der Waals surface area contributed by atoms with Crippen LogP contribution in [0.15, 0.2) is 73.3 Å². The summed E-state index contributed by atoms with van der Waals surface area (Å²) >= 11 is 0.491. The number of aryl methyl sites for hydroxylation is 2. The molecule has 5 N–H and O–H groups in total. The number of nitrogens with zero attached hydrogens (tertiary/aromatic N) is 6. The number of anilines is 2. The van der Waals surface area contributed by atoms with E-state index in [2.05, 4.69) is 68.9 Å². The second-order valence-corrected chi connectivity index (χ2v) is 14.8. The van der Waals surface area contributed by atoms with Crippen LogP contribution in [0, 0.1) is 13.8 Å². The summed E-state index contributed by atoms with van der Waals surface area (Å²) in [5, 5.41) is 6.12. The fraction of sp³-hybridized carbons (Fsp3) is 0.263. The average Bonchev–Trinajstić information content (AvgIpc) is 3.84. The Morgan fingerprint density at radius 3 is 1.49 bits per heavy atom. The molecule has 0 radical (unpaired) electrons. The first kappa shape index (κ1) is 43.9. The molecule has 0 amide bonds. The van der Waals surface area contributed by atoms with Crippen molar-refractivity contribution in [1.82, 2.24) is 29.9 Å². The molecule has 0 saturated heterocycles. The van der Waals surface area contributed by atoms with Gasteiger partial charge in [-0.25, -0.2) is 34.7 Å². The minimum Gasteiger partial charge on any atom is -0.477 e. The van der Waals surface area contributed by atoms with E-state index in [0.29, 0.717) is 35.1 Å². The van der Waals surface area contributed by atoms with Crippen LogP contribution in [0.5, 0.6) is 0 Å². The summed E-state index contributed by atoms with van der Waals surface area (Å²) in [7, 11) is 0. The summed E-state index contributed by atoms with van der Waals surface area (Å²) in [6, 6.07) is 15.7. The quantitative estimate of drug-likeness (QED) is 0.0980. The van der Waals surface area contributed by atoms with Gasteiger partial charge in [0.25, 0.3) is 0 Å². The number of hydrogen-bond donors (Lipinski definition) is 3. The number of rotatable bonds is 8. The Balaban J connectivity index is 0.000000210. The number of alkyl halides is 6. The van der Waals surface area contributed by atoms with Crippen LogP contribution in [0.1, 0.15) is 90.6 Å². The van der Waals surface area contributed by atoms with Crippen molar-refractivity contribution in [2.24, 2.45) is 0 Å². The molecule has 19 heteroatoms. The van der Waals surface area contributed by atoms with Gasteiger partial charge in [0, 0.05) is 36.1 Å². The zero-order chi connectivity index (χ0) is 42.2. The first-order valence-corrected chi connectivity index (χ1v) is 18.5. The number of carbonyl (C=O) groups excluding carboxylic acids is 1. The van der Waals surface area contributed by atoms with Crippen molar-refractivity contribution in [2.45, 2.75) is 65.2 Å². The van der Waals surface area contributed by atoms with E-state index in [1.54, 1.807) is 18.5 Å². The number of hydrogen-bond acceptors (Lipinski definition) is 12. The Morgan fingerprint density at radius 2 is 1.12 bits per heavy atom. The number of nitrogen functional groups attached to an aromatic ring is 2. The summed E-state index contributed by atoms with van der Waals surface area (Å²) in [6.07, 6.45) is -4.05. The van der Waals surface area contributed by atoms with Crippen LogP contribution in [-0.2, 0) is 12.4 Å². The molecule has 300 valence electrons. The summed E-state index contributed by atoms with van der Waals surface area (Å²) in [6.45, 7) is 10.3. The van der Waals surface area contributed by atoms with Crippen molar-refractivity contribution in [3.63, 3.8) is 0 Å². The van der Waals surface area contributed by atoms with Gasteiger partial charge >= 0.3 is 18.3 Å². The first-order valence-electron chi connectivity index (χ1n) is 16.8. The number of halogens is 6. The van der Waals surface area contributed by atoms with Crippen LogP contribution in [0.25, 0.3) is 22.5 Å². The molecule has 2 aromatic carbocycles. The van der Waals surface area contributed by atoms with Crippen LogP contribution < -0.4 is 11.5 Å². The molecule has 0 aliphatic carbocycles. The molecule has 1 atom stereocenters. The van der Waals surface area contributed by atoms with Gasteiger partial charge in [0.05, 0.1) is 22.5 Å². The Morgan fingerprint density at radius 1 is 0.684 bits per heavy atom. The lowest BCUT2D eigenvalue weighted by Gasteiger charge is -2.15. The molecule has 6 aromatic rings. The van der Waals surface area contributed by atoms with Crippen LogP contribution in [0.3, 0.4) is 0 Å². The van der Waals surface area contributed by atoms with Crippen molar-refractivity contribution in [2.75, 3.05) is 11.5 Å². The number of benzene rings is 2. The monoisotopic (exact) mass is 830 g/mol. The number of aromatic nitrogens is 6. The molecule has 0 fully saturated rings. The van der Waals surface area contributed by atoms with E-state index in [-0.39, 0.29) is 40.3 Å². The predicted octanol–water partition coefficient (Wildman–Crippen LogP) is 9.90. The van der Waals surface area contributed by atoms with E-state index in [1.807, 2.05) is 38.1 Å². The van der Waals surface area contributed by atoms with Crippen molar-refractivity contribution < 1.29 is 41.0 Å². The van der Waals surface area contributed by atoms with Crippen LogP contribution >= 0.6 is 22.7 Å². The zero-order valence-corrected chi connectivity index (χ0v) is 32.6. The van der Waals surface area contributed by atoms with E-state index in [9.17, 15) is 35.9 Å². The standard InChI is InChI=1S/C19H17F3N4OS.C14H17N3.C5H2F3NO2S/c1-10-7-12(14-5-6-24-18(23)26-14)3-4-13(10)11(2)8-15(27)16-9-25-17(28-16)19(20,21)22;1-9(2)12-5-4-11(8-10(12)3)13-6-7-16-14(15)17-13;6-5(7,8)4-9-1-2(12-4)3(10)11/h3-7,9,11H,8H2,1-2H3,(H2,23,24,26);4-9H,1-3H3,(H2,15,16,17);1H,(H,10,11). The molecule has 0 spiro atoms. The maximum absolute atomic E-state index is 12.7. The fourth-order valence-corrected chi connectivity index (χ4v) is 6.82. The van der Waals surface area contributed by atoms with Crippen molar-refractivity contribution >= 4 is 46.3 Å². The molecule has 57 heavy (non-hydrogen) atoms. The smallest absolute Gasteiger partial charge is 0.443 e. The minimum atomic E-state index is -4.56. The molecule has 0 saturated carbocycles. The Hall–Kier alpha value is -5.82. The van der Waals surface area contributed by atoms with E-state index >= 15 is 0 Å². The Bertz CT molecular complexity index is 2340. The number of carboxylic acids is 1. The van der Waals surface area contributed by atoms with Crippen molar-refractivity contribution in [1.29, 1.82) is 0 Å². The van der Waals surface area contributed by atoms with Crippen LogP contribution in [-0.4, -0.2) is 46.8 Å². The molecule has 11 nitrogen and oxygen atoms in total. The zero-order valence-electron chi connectivity index (χ0n) is 31.0. The van der Waals surface area contributed by atoms with E-state index in [0.717, 1.165) is 34.1 Å². The van der Waals surface area contributed by atoms with E-state index in [1.165, 1.54) is 11.1 Å². The van der Waals surface area contributed by atoms with Gasteiger partial charge in [-0.3, -0.25) is 4.79 Å². The maximum Gasteiger partial charge on any atom is 0.443 e. The van der Waals surface area contributed by atoms with Crippen LogP contribution in [0.2, 0.25) is 0 Å². The van der Waals surface area contributed by atoms with Gasteiger partial charge < -0.3 is 16.6 Å². The molecule has 6 rings (SSSR count). The van der Waals surface area contributed by atoms with E-state index < -0.39 is 33.2 Å². The lowest BCUT2D eigenvalue weighted by atomic mass is 9.90. The molecule has 4 aromatic heterocycles. The third-order valence-corrected chi connectivity index (χ3v) is 10.2. The summed E-state index contributed by atoms with van der Waals surface area (Å²) in [5.41, 5.74) is 19.3. The van der Waals surface area contributed by atoms with Gasteiger partial charge in [0.15, 0.2) is 15.8 Å². The lowest BCUT2D eigenvalue weighted by Crippen LogP contribution is -2.05. The van der Waals surface area contributed by atoms with Gasteiger partial charge in [-0.2, -0.15) is 26.3 Å². The molecule has 0 aliphatic rings. The number of carbonyl (C=O) groups is 2. The summed E-state index contributed by atoms with van der Waals surface area (Å²) < 4.78 is 73.5. The fourth-order valence-electron chi connectivity index (χ4n) is 5.47. The van der Waals surface area contributed by atoms with Crippen molar-refractivity contribution in [3.8, 4) is 22.5 Å². The third-order valence-electron chi connectivity index (χ3n) is 8.11. The topological polar surface area (TPSA) is 184 Å². The molecule has 4 heterocycles. The number of thiazole rings is 2. The largest absolute Gasteiger partial charge is 0.477 e. The SMILES string of the molecule is Cc1cc(-c2ccnc(N)n2)ccc1C(C)C.Cc1cc(-c2ccnc(N)n2)ccc1C(C)CC(=O)c1cnc(C(F)(F)F)s1.O=C(O)c1cnc(C(F)(F)F)s1. The number of carboxylic acid groups (broad SMARTS) is 1. The highest BCUT2D eigenvalue weighted by molar-refractivity contribution is 7.14. The molecule has 1 unspecified atom stereocenters. The van der Waals surface area contributed by atoms with Gasteiger partial charge in [0.2, 0.25) is 11.9 Å². The Labute approximate surface area is 330 Å². The van der Waals surface area contributed by atoms with Gasteiger partial charge in [-0.05, 0) is 72.2 Å². The molecule has 0 bridgehead atoms. The molecule has 0 aliphatic heterocycles. The maximum atomic E-state index is 12.7. The highest BCUT2D eigenvalue weighted by Gasteiger charge is 2.36. The predicted molar refractivity (Wildman–Crippen MR) is 206 cm³/mol. The van der Waals surface area contributed by atoms with Crippen LogP contribution in [0.4, 0.5) is 38.2 Å². The van der Waals surface area contributed by atoms with Gasteiger partial charge in [-0.1, -0.05) is 45.0 Å². The highest BCUT2D eigenvalue weighted by Crippen LogP contribution is 2.35. The second kappa shape index (κ2) is 18.4. The normalized spacial score (nSPS) is 11.9. The number of ketones is 1. The average molecular weight is 831 g/mol. The molecular weight excluding hydrogens is 795 g/mol. The lowest BCUT2D eigenvalue weighted by molar-refractivity contribution is -0.138. The Kier molecular flexibility index (Phi) is 14.2. The van der Waals surface area contributed by atoms with Crippen molar-refractivity contribution in [3.05, 3.63) is 115 Å². The highest BCUT2D eigenvalue weighted by atomic mass is 32.1. The summed E-state index contributed by atoms with van der Waals surface area (Å²) in [5.74, 6) is -0.877.